The zero-order valence-electron chi connectivity index (χ0n) is 11.0. The Morgan fingerprint density at radius 1 is 1.30 bits per heavy atom. The first kappa shape index (κ1) is 12.5. The smallest absolute Gasteiger partial charge is 0.319 e. The fraction of sp³-hybridized carbons (Fsp3) is 0.286. The van der Waals surface area contributed by atoms with Crippen molar-refractivity contribution in [3.05, 3.63) is 41.1 Å². The van der Waals surface area contributed by atoms with Crippen LogP contribution in [0.25, 0.3) is 0 Å². The van der Waals surface area contributed by atoms with Crippen molar-refractivity contribution in [2.75, 3.05) is 13.1 Å². The Balaban J connectivity index is 2.01. The molecule has 1 aromatic rings. The van der Waals surface area contributed by atoms with Gasteiger partial charge < -0.3 is 20.6 Å². The predicted octanol–water partition coefficient (Wildman–Crippen LogP) is 0.862. The van der Waals surface area contributed by atoms with Gasteiger partial charge in [-0.25, -0.2) is 4.79 Å². The molecule has 3 rings (SSSR count). The minimum Gasteiger partial charge on any atom is -0.508 e. The fourth-order valence-electron chi connectivity index (χ4n) is 2.60. The highest BCUT2D eigenvalue weighted by Gasteiger charge is 2.39. The number of phenols is 1. The van der Waals surface area contributed by atoms with Crippen LogP contribution in [0.1, 0.15) is 18.5 Å². The SMILES string of the molecule is CCN1CC2=C(C1=O)C(c1ccc(O)cc1)NC(=O)N2. The monoisotopic (exact) mass is 273 g/mol. The Morgan fingerprint density at radius 2 is 2.00 bits per heavy atom. The lowest BCUT2D eigenvalue weighted by Crippen LogP contribution is -2.44. The maximum absolute atomic E-state index is 12.4. The summed E-state index contributed by atoms with van der Waals surface area (Å²) in [6.07, 6.45) is 0. The van der Waals surface area contributed by atoms with Gasteiger partial charge in [-0.2, -0.15) is 0 Å². The predicted molar refractivity (Wildman–Crippen MR) is 71.8 cm³/mol. The van der Waals surface area contributed by atoms with E-state index in [1.54, 1.807) is 29.2 Å². The van der Waals surface area contributed by atoms with Crippen molar-refractivity contribution in [1.29, 1.82) is 0 Å². The van der Waals surface area contributed by atoms with E-state index in [0.717, 1.165) is 5.56 Å². The highest BCUT2D eigenvalue weighted by atomic mass is 16.3. The molecule has 2 heterocycles. The van der Waals surface area contributed by atoms with Crippen LogP contribution in [0.5, 0.6) is 5.75 Å². The normalized spacial score (nSPS) is 21.6. The number of nitrogens with one attached hydrogen (secondary N) is 2. The second-order valence-corrected chi connectivity index (χ2v) is 4.83. The number of benzene rings is 1. The molecule has 3 amide bonds. The molecule has 1 atom stereocenters. The summed E-state index contributed by atoms with van der Waals surface area (Å²) in [6, 6.07) is 5.72. The lowest BCUT2D eigenvalue weighted by atomic mass is 9.96. The molecule has 20 heavy (non-hydrogen) atoms. The van der Waals surface area contributed by atoms with Crippen LogP contribution < -0.4 is 10.6 Å². The van der Waals surface area contributed by atoms with E-state index in [1.165, 1.54) is 0 Å². The van der Waals surface area contributed by atoms with Crippen LogP contribution in [0, 0.1) is 0 Å². The molecule has 2 aliphatic heterocycles. The van der Waals surface area contributed by atoms with Gasteiger partial charge in [0.05, 0.1) is 23.9 Å². The Morgan fingerprint density at radius 3 is 2.65 bits per heavy atom. The quantitative estimate of drug-likeness (QED) is 0.747. The molecule has 0 spiro atoms. The minimum atomic E-state index is -0.469. The van der Waals surface area contributed by atoms with Gasteiger partial charge in [0.1, 0.15) is 5.75 Å². The Labute approximate surface area is 116 Å². The second-order valence-electron chi connectivity index (χ2n) is 4.83. The van der Waals surface area contributed by atoms with Gasteiger partial charge in [-0.05, 0) is 24.6 Å². The van der Waals surface area contributed by atoms with Crippen LogP contribution >= 0.6 is 0 Å². The van der Waals surface area contributed by atoms with Crippen molar-refractivity contribution >= 4 is 11.9 Å². The summed E-state index contributed by atoms with van der Waals surface area (Å²) in [4.78, 5) is 25.8. The summed E-state index contributed by atoms with van der Waals surface area (Å²) in [7, 11) is 0. The number of carbonyl (C=O) groups is 2. The Kier molecular flexibility index (Phi) is 2.85. The van der Waals surface area contributed by atoms with Gasteiger partial charge in [-0.15, -0.1) is 0 Å². The minimum absolute atomic E-state index is 0.0620. The standard InChI is InChI=1S/C14H15N3O3/c1-2-17-7-10-11(13(17)19)12(16-14(20)15-10)8-3-5-9(18)6-4-8/h3-6,12,18H,2,7H2,1H3,(H2,15,16,20). The molecule has 104 valence electrons. The molecule has 0 aliphatic carbocycles. The van der Waals surface area contributed by atoms with E-state index in [4.69, 9.17) is 0 Å². The number of urea groups is 1. The molecule has 6 nitrogen and oxygen atoms in total. The maximum Gasteiger partial charge on any atom is 0.319 e. The number of likely N-dealkylation sites (N-methyl/N-ethyl adjacent to an activating group) is 1. The van der Waals surface area contributed by atoms with E-state index >= 15 is 0 Å². The van der Waals surface area contributed by atoms with Gasteiger partial charge in [-0.1, -0.05) is 12.1 Å². The third-order valence-electron chi connectivity index (χ3n) is 3.63. The largest absolute Gasteiger partial charge is 0.508 e. The summed E-state index contributed by atoms with van der Waals surface area (Å²) < 4.78 is 0. The van der Waals surface area contributed by atoms with Crippen molar-refractivity contribution in [2.24, 2.45) is 0 Å². The fourth-order valence-corrected chi connectivity index (χ4v) is 2.60. The topological polar surface area (TPSA) is 81.7 Å². The number of aromatic hydroxyl groups is 1. The van der Waals surface area contributed by atoms with Gasteiger partial charge >= 0.3 is 6.03 Å². The van der Waals surface area contributed by atoms with E-state index in [-0.39, 0.29) is 17.7 Å². The first-order valence-electron chi connectivity index (χ1n) is 6.49. The molecular weight excluding hydrogens is 258 g/mol. The molecular formula is C14H15N3O3. The number of nitrogens with zero attached hydrogens (tertiary/aromatic N) is 1. The van der Waals surface area contributed by atoms with Gasteiger partial charge in [0.2, 0.25) is 0 Å². The molecule has 1 aromatic carbocycles. The van der Waals surface area contributed by atoms with Gasteiger partial charge in [-0.3, -0.25) is 4.79 Å². The van der Waals surface area contributed by atoms with Gasteiger partial charge in [0.25, 0.3) is 5.91 Å². The maximum atomic E-state index is 12.4. The molecule has 6 heteroatoms. The highest BCUT2D eigenvalue weighted by molar-refractivity contribution is 6.01. The number of hydrogen-bond donors (Lipinski definition) is 3. The van der Waals surface area contributed by atoms with Crippen molar-refractivity contribution in [3.8, 4) is 5.75 Å². The number of carbonyl (C=O) groups excluding carboxylic acids is 2. The number of hydrogen-bond acceptors (Lipinski definition) is 3. The number of amides is 3. The first-order chi connectivity index (χ1) is 9.60. The molecule has 0 saturated heterocycles. The number of phenolic OH excluding ortho intramolecular Hbond substituents is 1. The van der Waals surface area contributed by atoms with E-state index in [9.17, 15) is 14.7 Å². The third kappa shape index (κ3) is 1.89. The molecule has 0 radical (unpaired) electrons. The lowest BCUT2D eigenvalue weighted by molar-refractivity contribution is -0.125. The molecule has 1 unspecified atom stereocenters. The van der Waals surface area contributed by atoms with E-state index in [0.29, 0.717) is 24.4 Å². The van der Waals surface area contributed by atoms with Crippen LogP contribution in [0.4, 0.5) is 4.79 Å². The van der Waals surface area contributed by atoms with Crippen LogP contribution in [-0.4, -0.2) is 35.0 Å². The van der Waals surface area contributed by atoms with Crippen LogP contribution in [0.2, 0.25) is 0 Å². The zero-order valence-corrected chi connectivity index (χ0v) is 11.0. The van der Waals surface area contributed by atoms with E-state index < -0.39 is 6.04 Å². The number of rotatable bonds is 2. The average molecular weight is 273 g/mol. The Hall–Kier alpha value is -2.50. The summed E-state index contributed by atoms with van der Waals surface area (Å²) in [5.74, 6) is 0.0872. The molecule has 2 aliphatic rings. The van der Waals surface area contributed by atoms with Crippen molar-refractivity contribution < 1.29 is 14.7 Å². The van der Waals surface area contributed by atoms with E-state index in [1.807, 2.05) is 6.92 Å². The first-order valence-corrected chi connectivity index (χ1v) is 6.49. The van der Waals surface area contributed by atoms with Crippen LogP contribution in [-0.2, 0) is 4.79 Å². The molecule has 0 aromatic heterocycles. The summed E-state index contributed by atoms with van der Waals surface area (Å²) in [5, 5.41) is 14.8. The van der Waals surface area contributed by atoms with E-state index in [2.05, 4.69) is 10.6 Å². The summed E-state index contributed by atoms with van der Waals surface area (Å²) >= 11 is 0. The molecule has 0 saturated carbocycles. The average Bonchev–Trinajstić information content (AvgIpc) is 2.75. The molecule has 0 fully saturated rings. The zero-order chi connectivity index (χ0) is 14.3. The summed E-state index contributed by atoms with van der Waals surface area (Å²) in [6.45, 7) is 2.94. The second kappa shape index (κ2) is 4.56. The molecule has 0 bridgehead atoms. The van der Waals surface area contributed by atoms with Crippen molar-refractivity contribution in [3.63, 3.8) is 0 Å². The van der Waals surface area contributed by atoms with Crippen LogP contribution in [0.3, 0.4) is 0 Å². The van der Waals surface area contributed by atoms with Crippen LogP contribution in [0.15, 0.2) is 35.5 Å². The summed E-state index contributed by atoms with van der Waals surface area (Å²) in [5.41, 5.74) is 2.02. The lowest BCUT2D eigenvalue weighted by Gasteiger charge is -2.25. The Bertz CT molecular complexity index is 607. The molecule has 3 N–H and O–H groups in total. The van der Waals surface area contributed by atoms with Crippen molar-refractivity contribution in [1.82, 2.24) is 15.5 Å². The van der Waals surface area contributed by atoms with Gasteiger partial charge in [0, 0.05) is 6.54 Å². The highest BCUT2D eigenvalue weighted by Crippen LogP contribution is 2.32. The third-order valence-corrected chi connectivity index (χ3v) is 3.63. The van der Waals surface area contributed by atoms with Gasteiger partial charge in [0.15, 0.2) is 0 Å². The van der Waals surface area contributed by atoms with Crippen molar-refractivity contribution in [2.45, 2.75) is 13.0 Å².